The zero-order valence-electron chi connectivity index (χ0n) is 12.7. The second-order valence-corrected chi connectivity index (χ2v) is 6.22. The molecule has 0 bridgehead atoms. The number of nitrogens with one attached hydrogen (secondary N) is 1. The fourth-order valence-electron chi connectivity index (χ4n) is 3.51. The van der Waals surface area contributed by atoms with Crippen LogP contribution in [0.5, 0.6) is 0 Å². The molecule has 0 aromatic carbocycles. The molecule has 5 nitrogen and oxygen atoms in total. The molecule has 114 valence electrons. The summed E-state index contributed by atoms with van der Waals surface area (Å²) in [5.74, 6) is 1.18. The van der Waals surface area contributed by atoms with Crippen molar-refractivity contribution in [3.8, 4) is 0 Å². The van der Waals surface area contributed by atoms with E-state index >= 15 is 0 Å². The number of likely N-dealkylation sites (tertiary alicyclic amines) is 1. The lowest BCUT2D eigenvalue weighted by Crippen LogP contribution is -2.43. The summed E-state index contributed by atoms with van der Waals surface area (Å²) >= 11 is 0. The molecular formula is C16H24N4O. The van der Waals surface area contributed by atoms with Crippen LogP contribution in [-0.4, -0.2) is 46.8 Å². The van der Waals surface area contributed by atoms with Gasteiger partial charge in [0.05, 0.1) is 12.1 Å². The van der Waals surface area contributed by atoms with Crippen LogP contribution in [0.1, 0.15) is 24.3 Å². The molecule has 0 unspecified atom stereocenters. The van der Waals surface area contributed by atoms with Crippen molar-refractivity contribution in [2.75, 3.05) is 26.2 Å². The van der Waals surface area contributed by atoms with Gasteiger partial charge in [0.25, 0.3) is 0 Å². The average Bonchev–Trinajstić information content (AvgIpc) is 3.15. The normalized spacial score (nSPS) is 27.0. The highest BCUT2D eigenvalue weighted by Gasteiger charge is 2.37. The van der Waals surface area contributed by atoms with Gasteiger partial charge in [-0.1, -0.05) is 6.08 Å². The number of hydrogen-bond acceptors (Lipinski definition) is 3. The van der Waals surface area contributed by atoms with Crippen molar-refractivity contribution < 1.29 is 4.79 Å². The van der Waals surface area contributed by atoms with Gasteiger partial charge < -0.3 is 10.2 Å². The number of nitrogens with zero attached hydrogens (tertiary/aromatic N) is 3. The van der Waals surface area contributed by atoms with Gasteiger partial charge in [0.15, 0.2) is 0 Å². The number of allylic oxidation sites excluding steroid dienone is 1. The summed E-state index contributed by atoms with van der Waals surface area (Å²) in [6.07, 6.45) is 8.04. The van der Waals surface area contributed by atoms with Crippen LogP contribution in [0.15, 0.2) is 25.0 Å². The minimum Gasteiger partial charge on any atom is -0.342 e. The molecule has 1 aromatic heterocycles. The molecule has 0 radical (unpaired) electrons. The highest BCUT2D eigenvalue weighted by molar-refractivity contribution is 5.80. The molecule has 1 aromatic rings. The van der Waals surface area contributed by atoms with Gasteiger partial charge >= 0.3 is 0 Å². The van der Waals surface area contributed by atoms with Gasteiger partial charge in [0, 0.05) is 45.3 Å². The van der Waals surface area contributed by atoms with Gasteiger partial charge in [0.1, 0.15) is 0 Å². The molecule has 0 aliphatic carbocycles. The smallest absolute Gasteiger partial charge is 0.227 e. The average molecular weight is 288 g/mol. The quantitative estimate of drug-likeness (QED) is 0.849. The predicted octanol–water partition coefficient (Wildman–Crippen LogP) is 1.15. The Morgan fingerprint density at radius 1 is 1.43 bits per heavy atom. The lowest BCUT2D eigenvalue weighted by atomic mass is 9.88. The lowest BCUT2D eigenvalue weighted by molar-refractivity contribution is -0.136. The van der Waals surface area contributed by atoms with E-state index in [1.54, 1.807) is 0 Å². The van der Waals surface area contributed by atoms with E-state index in [0.717, 1.165) is 39.0 Å². The van der Waals surface area contributed by atoms with Crippen molar-refractivity contribution in [2.24, 2.45) is 18.9 Å². The topological polar surface area (TPSA) is 50.2 Å². The zero-order chi connectivity index (χ0) is 14.8. The summed E-state index contributed by atoms with van der Waals surface area (Å²) < 4.78 is 1.81. The van der Waals surface area contributed by atoms with Crippen molar-refractivity contribution >= 4 is 5.91 Å². The van der Waals surface area contributed by atoms with E-state index in [1.165, 1.54) is 5.56 Å². The Hall–Kier alpha value is -1.62. The number of aryl methyl sites for hydroxylation is 1. The van der Waals surface area contributed by atoms with Crippen LogP contribution < -0.4 is 5.32 Å². The molecule has 2 aliphatic rings. The van der Waals surface area contributed by atoms with Crippen LogP contribution in [0.4, 0.5) is 0 Å². The molecule has 0 spiro atoms. The van der Waals surface area contributed by atoms with Gasteiger partial charge in [-0.3, -0.25) is 9.48 Å². The predicted molar refractivity (Wildman–Crippen MR) is 81.8 cm³/mol. The van der Waals surface area contributed by atoms with Crippen molar-refractivity contribution in [1.82, 2.24) is 20.0 Å². The molecule has 1 amide bonds. The number of carbonyl (C=O) groups excluding carboxylic acids is 1. The first kappa shape index (κ1) is 14.3. The van der Waals surface area contributed by atoms with E-state index in [9.17, 15) is 4.79 Å². The van der Waals surface area contributed by atoms with Gasteiger partial charge in [-0.25, -0.2) is 0 Å². The van der Waals surface area contributed by atoms with Crippen LogP contribution in [0, 0.1) is 11.8 Å². The Bertz CT molecular complexity index is 516. The summed E-state index contributed by atoms with van der Waals surface area (Å²) in [7, 11) is 1.92. The van der Waals surface area contributed by atoms with E-state index in [-0.39, 0.29) is 11.8 Å². The number of piperidine rings is 1. The standard InChI is InChI=1S/C16H24N4O/c1-3-12-4-6-20(7-5-12)16(21)15-10-17-9-14(15)13-8-18-19(2)11-13/h3,8,11-12,14-15,17H,1,4-7,9-10H2,2H3/t14-,15+/m1/s1. The molecule has 3 heterocycles. The van der Waals surface area contributed by atoms with Crippen LogP contribution in [0.3, 0.4) is 0 Å². The van der Waals surface area contributed by atoms with Crippen LogP contribution in [0.25, 0.3) is 0 Å². The number of aromatic nitrogens is 2. The third kappa shape index (κ3) is 2.88. The van der Waals surface area contributed by atoms with Gasteiger partial charge in [-0.15, -0.1) is 6.58 Å². The van der Waals surface area contributed by atoms with Gasteiger partial charge in [-0.05, 0) is 24.3 Å². The summed E-state index contributed by atoms with van der Waals surface area (Å²) in [4.78, 5) is 14.9. The maximum absolute atomic E-state index is 12.8. The van der Waals surface area contributed by atoms with Gasteiger partial charge in [0.2, 0.25) is 5.91 Å². The summed E-state index contributed by atoms with van der Waals surface area (Å²) in [6, 6.07) is 0. The Balaban J connectivity index is 1.67. The molecule has 5 heteroatoms. The fourth-order valence-corrected chi connectivity index (χ4v) is 3.51. The highest BCUT2D eigenvalue weighted by Crippen LogP contribution is 2.30. The van der Waals surface area contributed by atoms with Gasteiger partial charge in [-0.2, -0.15) is 5.10 Å². The van der Waals surface area contributed by atoms with Crippen LogP contribution in [0.2, 0.25) is 0 Å². The Kier molecular flexibility index (Phi) is 4.10. The first-order valence-corrected chi connectivity index (χ1v) is 7.79. The minimum atomic E-state index is 0.0504. The second-order valence-electron chi connectivity index (χ2n) is 6.22. The third-order valence-corrected chi connectivity index (χ3v) is 4.87. The van der Waals surface area contributed by atoms with E-state index in [1.807, 2.05) is 35.1 Å². The molecule has 2 atom stereocenters. The van der Waals surface area contributed by atoms with Crippen LogP contribution in [-0.2, 0) is 11.8 Å². The molecule has 3 rings (SSSR count). The third-order valence-electron chi connectivity index (χ3n) is 4.87. The number of hydrogen-bond donors (Lipinski definition) is 1. The molecule has 0 saturated carbocycles. The second kappa shape index (κ2) is 6.02. The largest absolute Gasteiger partial charge is 0.342 e. The number of amides is 1. The van der Waals surface area contributed by atoms with Crippen LogP contribution >= 0.6 is 0 Å². The molecule has 1 N–H and O–H groups in total. The van der Waals surface area contributed by atoms with Crippen molar-refractivity contribution in [2.45, 2.75) is 18.8 Å². The number of rotatable bonds is 3. The number of carbonyl (C=O) groups is 1. The maximum Gasteiger partial charge on any atom is 0.227 e. The summed E-state index contributed by atoms with van der Waals surface area (Å²) in [6.45, 7) is 7.24. The summed E-state index contributed by atoms with van der Waals surface area (Å²) in [5, 5.41) is 7.61. The Morgan fingerprint density at radius 2 is 2.19 bits per heavy atom. The fraction of sp³-hybridized carbons (Fsp3) is 0.625. The van der Waals surface area contributed by atoms with Crippen molar-refractivity contribution in [3.63, 3.8) is 0 Å². The zero-order valence-corrected chi connectivity index (χ0v) is 12.7. The summed E-state index contributed by atoms with van der Waals surface area (Å²) in [5.41, 5.74) is 1.17. The SMILES string of the molecule is C=CC1CCN(C(=O)[C@H]2CNC[C@@H]2c2cnn(C)c2)CC1. The Morgan fingerprint density at radius 3 is 2.81 bits per heavy atom. The monoisotopic (exact) mass is 288 g/mol. The minimum absolute atomic E-state index is 0.0504. The van der Waals surface area contributed by atoms with Crippen molar-refractivity contribution in [1.29, 1.82) is 0 Å². The maximum atomic E-state index is 12.8. The van der Waals surface area contributed by atoms with E-state index < -0.39 is 0 Å². The van der Waals surface area contributed by atoms with E-state index in [0.29, 0.717) is 11.8 Å². The first-order chi connectivity index (χ1) is 10.2. The van der Waals surface area contributed by atoms with Crippen molar-refractivity contribution in [3.05, 3.63) is 30.6 Å². The van der Waals surface area contributed by atoms with E-state index in [2.05, 4.69) is 17.0 Å². The molecule has 2 aliphatic heterocycles. The molecule has 2 saturated heterocycles. The van der Waals surface area contributed by atoms with E-state index in [4.69, 9.17) is 0 Å². The molecular weight excluding hydrogens is 264 g/mol. The first-order valence-electron chi connectivity index (χ1n) is 7.79. The lowest BCUT2D eigenvalue weighted by Gasteiger charge is -2.33. The molecule has 2 fully saturated rings. The Labute approximate surface area is 126 Å². The highest BCUT2D eigenvalue weighted by atomic mass is 16.2. The molecule has 21 heavy (non-hydrogen) atoms.